The Hall–Kier alpha value is -1.13. The van der Waals surface area contributed by atoms with Crippen LogP contribution in [0.5, 0.6) is 5.88 Å². The zero-order valence-electron chi connectivity index (χ0n) is 12.1. The lowest BCUT2D eigenvalue weighted by Gasteiger charge is -2.32. The molecule has 1 fully saturated rings. The van der Waals surface area contributed by atoms with Crippen LogP contribution in [0, 0.1) is 0 Å². The molecule has 1 saturated heterocycles. The Kier molecular flexibility index (Phi) is 5.61. The smallest absolute Gasteiger partial charge is 0.213 e. The van der Waals surface area contributed by atoms with Gasteiger partial charge in [-0.3, -0.25) is 0 Å². The van der Waals surface area contributed by atoms with Gasteiger partial charge in [-0.05, 0) is 25.5 Å². The maximum Gasteiger partial charge on any atom is 0.213 e. The molecule has 106 valence electrons. The van der Waals surface area contributed by atoms with Crippen LogP contribution >= 0.6 is 0 Å². The second kappa shape index (κ2) is 7.46. The van der Waals surface area contributed by atoms with Gasteiger partial charge >= 0.3 is 0 Å². The van der Waals surface area contributed by atoms with Crippen molar-refractivity contribution < 1.29 is 4.74 Å². The van der Waals surface area contributed by atoms with E-state index in [2.05, 4.69) is 34.8 Å². The summed E-state index contributed by atoms with van der Waals surface area (Å²) in [5.74, 6) is 0.746. The first-order chi connectivity index (χ1) is 9.28. The normalized spacial score (nSPS) is 17.6. The van der Waals surface area contributed by atoms with Gasteiger partial charge in [0, 0.05) is 45.0 Å². The first kappa shape index (κ1) is 14.3. The Morgan fingerprint density at radius 3 is 2.63 bits per heavy atom. The molecule has 0 atom stereocenters. The third kappa shape index (κ3) is 4.80. The molecule has 0 aromatic carbocycles. The number of hydrogen-bond donors (Lipinski definition) is 0. The van der Waals surface area contributed by atoms with Crippen molar-refractivity contribution in [2.24, 2.45) is 0 Å². The van der Waals surface area contributed by atoms with E-state index in [-0.39, 0.29) is 0 Å². The quantitative estimate of drug-likeness (QED) is 0.730. The SMILES string of the molecule is CCc1ccc(OCCCN2CCN(C)CC2)nc1. The van der Waals surface area contributed by atoms with Gasteiger partial charge in [0.15, 0.2) is 0 Å². The highest BCUT2D eigenvalue weighted by Gasteiger charge is 2.12. The van der Waals surface area contributed by atoms with Gasteiger partial charge in [-0.2, -0.15) is 0 Å². The molecule has 0 saturated carbocycles. The molecule has 2 rings (SSSR count). The third-order valence-electron chi connectivity index (χ3n) is 3.67. The predicted molar refractivity (Wildman–Crippen MR) is 77.7 cm³/mol. The van der Waals surface area contributed by atoms with Gasteiger partial charge in [-0.1, -0.05) is 13.0 Å². The molecule has 0 aliphatic carbocycles. The summed E-state index contributed by atoms with van der Waals surface area (Å²) in [4.78, 5) is 9.19. The minimum absolute atomic E-state index is 0.746. The summed E-state index contributed by atoms with van der Waals surface area (Å²) < 4.78 is 5.67. The second-order valence-corrected chi connectivity index (χ2v) is 5.21. The molecule has 4 nitrogen and oxygen atoms in total. The van der Waals surface area contributed by atoms with Crippen LogP contribution < -0.4 is 4.74 Å². The van der Waals surface area contributed by atoms with Crippen LogP contribution in [0.4, 0.5) is 0 Å². The highest BCUT2D eigenvalue weighted by Crippen LogP contribution is 2.08. The van der Waals surface area contributed by atoms with E-state index in [1.807, 2.05) is 12.3 Å². The zero-order valence-corrected chi connectivity index (χ0v) is 12.1. The van der Waals surface area contributed by atoms with Crippen molar-refractivity contribution in [3.8, 4) is 5.88 Å². The third-order valence-corrected chi connectivity index (χ3v) is 3.67. The number of rotatable bonds is 6. The van der Waals surface area contributed by atoms with Crippen molar-refractivity contribution in [1.82, 2.24) is 14.8 Å². The van der Waals surface area contributed by atoms with Crippen LogP contribution in [-0.2, 0) is 6.42 Å². The summed E-state index contributed by atoms with van der Waals surface area (Å²) in [6.45, 7) is 8.74. The molecule has 0 spiro atoms. The molecule has 0 radical (unpaired) electrons. The fraction of sp³-hybridized carbons (Fsp3) is 0.667. The highest BCUT2D eigenvalue weighted by atomic mass is 16.5. The van der Waals surface area contributed by atoms with Crippen LogP contribution in [0.15, 0.2) is 18.3 Å². The second-order valence-electron chi connectivity index (χ2n) is 5.21. The Labute approximate surface area is 116 Å². The van der Waals surface area contributed by atoms with Gasteiger partial charge < -0.3 is 14.5 Å². The summed E-state index contributed by atoms with van der Waals surface area (Å²) in [5.41, 5.74) is 1.25. The molecule has 1 aromatic rings. The van der Waals surface area contributed by atoms with E-state index in [9.17, 15) is 0 Å². The van der Waals surface area contributed by atoms with Crippen molar-refractivity contribution in [2.75, 3.05) is 46.4 Å². The van der Waals surface area contributed by atoms with E-state index in [0.29, 0.717) is 0 Å². The molecule has 1 aliphatic heterocycles. The van der Waals surface area contributed by atoms with Crippen molar-refractivity contribution in [3.05, 3.63) is 23.9 Å². The van der Waals surface area contributed by atoms with Crippen LogP contribution in [0.25, 0.3) is 0 Å². The highest BCUT2D eigenvalue weighted by molar-refractivity contribution is 5.17. The molecule has 1 aliphatic rings. The van der Waals surface area contributed by atoms with Gasteiger partial charge in [0.1, 0.15) is 0 Å². The molecule has 19 heavy (non-hydrogen) atoms. The van der Waals surface area contributed by atoms with E-state index >= 15 is 0 Å². The Balaban J connectivity index is 1.61. The first-order valence-corrected chi connectivity index (χ1v) is 7.26. The zero-order chi connectivity index (χ0) is 13.5. The lowest BCUT2D eigenvalue weighted by Crippen LogP contribution is -2.44. The molecule has 2 heterocycles. The van der Waals surface area contributed by atoms with Gasteiger partial charge in [0.05, 0.1) is 6.61 Å². The largest absolute Gasteiger partial charge is 0.478 e. The van der Waals surface area contributed by atoms with E-state index in [1.54, 1.807) is 0 Å². The lowest BCUT2D eigenvalue weighted by molar-refractivity contribution is 0.145. The molecule has 0 bridgehead atoms. The predicted octanol–water partition coefficient (Wildman–Crippen LogP) is 1.66. The summed E-state index contributed by atoms with van der Waals surface area (Å²) in [6, 6.07) is 4.05. The fourth-order valence-corrected chi connectivity index (χ4v) is 2.24. The van der Waals surface area contributed by atoms with E-state index in [1.165, 1.54) is 31.7 Å². The number of nitrogens with zero attached hydrogens (tertiary/aromatic N) is 3. The van der Waals surface area contributed by atoms with Crippen LogP contribution in [0.1, 0.15) is 18.9 Å². The number of pyridine rings is 1. The molecular weight excluding hydrogens is 238 g/mol. The average Bonchev–Trinajstić information content (AvgIpc) is 2.46. The number of ether oxygens (including phenoxy) is 1. The van der Waals surface area contributed by atoms with Gasteiger partial charge in [-0.15, -0.1) is 0 Å². The summed E-state index contributed by atoms with van der Waals surface area (Å²) >= 11 is 0. The standard InChI is InChI=1S/C15H25N3O/c1-3-14-5-6-15(16-13-14)19-12-4-7-18-10-8-17(2)9-11-18/h5-6,13H,3-4,7-12H2,1-2H3. The summed E-state index contributed by atoms with van der Waals surface area (Å²) in [6.07, 6.45) is 3.99. The summed E-state index contributed by atoms with van der Waals surface area (Å²) in [7, 11) is 2.19. The maximum absolute atomic E-state index is 5.67. The van der Waals surface area contributed by atoms with Crippen LogP contribution in [0.3, 0.4) is 0 Å². The van der Waals surface area contributed by atoms with Crippen LogP contribution in [-0.4, -0.2) is 61.2 Å². The number of hydrogen-bond acceptors (Lipinski definition) is 4. The molecule has 0 N–H and O–H groups in total. The number of likely N-dealkylation sites (N-methyl/N-ethyl adjacent to an activating group) is 1. The van der Waals surface area contributed by atoms with Crippen LogP contribution in [0.2, 0.25) is 0 Å². The van der Waals surface area contributed by atoms with E-state index < -0.39 is 0 Å². The number of aromatic nitrogens is 1. The molecule has 0 unspecified atom stereocenters. The molecular formula is C15H25N3O. The summed E-state index contributed by atoms with van der Waals surface area (Å²) in [5, 5.41) is 0. The fourth-order valence-electron chi connectivity index (χ4n) is 2.24. The topological polar surface area (TPSA) is 28.6 Å². The molecule has 4 heteroatoms. The monoisotopic (exact) mass is 263 g/mol. The number of piperazine rings is 1. The maximum atomic E-state index is 5.67. The van der Waals surface area contributed by atoms with Gasteiger partial charge in [-0.25, -0.2) is 4.98 Å². The number of aryl methyl sites for hydroxylation is 1. The molecule has 0 amide bonds. The minimum atomic E-state index is 0.746. The van der Waals surface area contributed by atoms with Gasteiger partial charge in [0.2, 0.25) is 5.88 Å². The Morgan fingerprint density at radius 2 is 2.00 bits per heavy atom. The van der Waals surface area contributed by atoms with Gasteiger partial charge in [0.25, 0.3) is 0 Å². The van der Waals surface area contributed by atoms with E-state index in [0.717, 1.165) is 31.9 Å². The Morgan fingerprint density at radius 1 is 1.21 bits per heavy atom. The van der Waals surface area contributed by atoms with Crippen molar-refractivity contribution >= 4 is 0 Å². The Bertz CT molecular complexity index is 358. The van der Waals surface area contributed by atoms with Crippen molar-refractivity contribution in [1.29, 1.82) is 0 Å². The molecule has 1 aromatic heterocycles. The first-order valence-electron chi connectivity index (χ1n) is 7.26. The average molecular weight is 263 g/mol. The lowest BCUT2D eigenvalue weighted by atomic mass is 10.2. The van der Waals surface area contributed by atoms with Crippen molar-refractivity contribution in [2.45, 2.75) is 19.8 Å². The van der Waals surface area contributed by atoms with Crippen molar-refractivity contribution in [3.63, 3.8) is 0 Å². The van der Waals surface area contributed by atoms with E-state index in [4.69, 9.17) is 4.74 Å². The minimum Gasteiger partial charge on any atom is -0.478 e.